The maximum Gasteiger partial charge on any atom is 3.00 e. The molecule has 0 bridgehead atoms. The Morgan fingerprint density at radius 3 is 1.41 bits per heavy atom. The molecule has 1 aliphatic heterocycles. The molecular weight excluding hydrogens is 573 g/mol. The average Bonchev–Trinajstić information content (AvgIpc) is 2.68. The summed E-state index contributed by atoms with van der Waals surface area (Å²) in [7, 11) is 0. The molecule has 0 amide bonds. The Morgan fingerprint density at radius 2 is 1.09 bits per heavy atom. The Morgan fingerprint density at radius 1 is 0.719 bits per heavy atom. The van der Waals surface area contributed by atoms with Crippen LogP contribution in [0.25, 0.3) is 0 Å². The normalized spacial score (nSPS) is 20.3. The summed E-state index contributed by atoms with van der Waals surface area (Å²) < 4.78 is 0. The second kappa shape index (κ2) is 17.0. The summed E-state index contributed by atoms with van der Waals surface area (Å²) in [6.45, 7) is 0.0474. The number of carbonyl (C=O) groups is 3. The van der Waals surface area contributed by atoms with Gasteiger partial charge in [0.1, 0.15) is 0 Å². The van der Waals surface area contributed by atoms with Crippen molar-refractivity contribution >= 4 is 17.9 Å². The summed E-state index contributed by atoms with van der Waals surface area (Å²) in [5, 5.41) is 58.5. The Bertz CT molecular complexity index is 555. The standard InChI is InChI=1S/C18H34N4O9.Gd/c23-12-14(15(25)13-24)22-7-5-20(10-17(28)29)3-1-19(9-16(26)27)2-4-21(6-8-22)11-18(30)31;/h14-15,23-25H,1-13H2,(H,26,27)(H,28,29)(H,30,31);/q;+3/p-1/t14-,15-;/m1./s1. The number of aliphatic carboxylic acids is 3. The molecule has 14 heteroatoms. The maximum atomic E-state index is 11.2. The van der Waals surface area contributed by atoms with E-state index in [0.29, 0.717) is 0 Å². The van der Waals surface area contributed by atoms with Gasteiger partial charge in [-0.3, -0.25) is 29.2 Å². The van der Waals surface area contributed by atoms with Gasteiger partial charge in [0.25, 0.3) is 0 Å². The van der Waals surface area contributed by atoms with E-state index < -0.39 is 43.3 Å². The first-order valence-corrected chi connectivity index (χ1v) is 10.1. The smallest absolute Gasteiger partial charge is 0.549 e. The van der Waals surface area contributed by atoms with E-state index >= 15 is 0 Å². The molecule has 5 N–H and O–H groups in total. The number of carbonyl (C=O) groups excluding carboxylic acids is 1. The molecule has 1 fully saturated rings. The van der Waals surface area contributed by atoms with Crippen LogP contribution in [-0.4, -0.2) is 160 Å². The van der Waals surface area contributed by atoms with Crippen LogP contribution in [0.4, 0.5) is 0 Å². The predicted molar refractivity (Wildman–Crippen MR) is 105 cm³/mol. The molecule has 1 radical (unpaired) electrons. The molecule has 1 rings (SSSR count). The number of aliphatic hydroxyl groups is 3. The topological polar surface area (TPSA) is 188 Å². The zero-order valence-electron chi connectivity index (χ0n) is 17.9. The van der Waals surface area contributed by atoms with Crippen LogP contribution in [0.1, 0.15) is 0 Å². The fraction of sp³-hybridized carbons (Fsp3) is 0.833. The number of hydrogen-bond acceptors (Lipinski definition) is 11. The van der Waals surface area contributed by atoms with Gasteiger partial charge in [0, 0.05) is 58.9 Å². The first-order valence-electron chi connectivity index (χ1n) is 10.1. The molecule has 1 aliphatic rings. The minimum absolute atomic E-state index is 0. The van der Waals surface area contributed by atoms with E-state index in [1.165, 1.54) is 0 Å². The number of hydrogen-bond donors (Lipinski definition) is 5. The quantitative estimate of drug-likeness (QED) is 0.159. The van der Waals surface area contributed by atoms with Crippen LogP contribution in [0.3, 0.4) is 0 Å². The fourth-order valence-electron chi connectivity index (χ4n) is 3.53. The van der Waals surface area contributed by atoms with Crippen LogP contribution in [0.2, 0.25) is 0 Å². The second-order valence-corrected chi connectivity index (χ2v) is 7.52. The SMILES string of the molecule is O=C([O-])CN1CCN(CC(=O)O)CCN(CC(=O)O)CCN([C@H](CO)[C@H](O)CO)CC1.[Gd+3]. The molecule has 2 atom stereocenters. The van der Waals surface area contributed by atoms with Gasteiger partial charge in [0.15, 0.2) is 0 Å². The predicted octanol–water partition coefficient (Wildman–Crippen LogP) is -5.16. The van der Waals surface area contributed by atoms with Crippen LogP contribution in [-0.2, 0) is 14.4 Å². The molecule has 0 aromatic rings. The first-order chi connectivity index (χ1) is 14.7. The number of carboxylic acid groups (broad SMARTS) is 3. The summed E-state index contributed by atoms with van der Waals surface area (Å²) >= 11 is 0. The van der Waals surface area contributed by atoms with Crippen LogP contribution in [0.15, 0.2) is 0 Å². The van der Waals surface area contributed by atoms with Gasteiger partial charge in [-0.05, 0) is 0 Å². The Kier molecular flexibility index (Phi) is 16.7. The van der Waals surface area contributed by atoms with E-state index in [1.807, 2.05) is 0 Å². The first kappa shape index (κ1) is 31.5. The minimum Gasteiger partial charge on any atom is -0.549 e. The molecule has 0 aliphatic carbocycles. The summed E-state index contributed by atoms with van der Waals surface area (Å²) in [4.78, 5) is 40.0. The van der Waals surface area contributed by atoms with Crippen molar-refractivity contribution in [1.29, 1.82) is 0 Å². The van der Waals surface area contributed by atoms with Crippen molar-refractivity contribution in [3.8, 4) is 0 Å². The molecule has 13 nitrogen and oxygen atoms in total. The zero-order valence-corrected chi connectivity index (χ0v) is 20.1. The van der Waals surface area contributed by atoms with Gasteiger partial charge in [0.2, 0.25) is 0 Å². The van der Waals surface area contributed by atoms with Crippen LogP contribution in [0, 0.1) is 39.9 Å². The van der Waals surface area contributed by atoms with Crippen molar-refractivity contribution < 1.29 is 85.0 Å². The van der Waals surface area contributed by atoms with Crippen molar-refractivity contribution in [2.45, 2.75) is 12.1 Å². The van der Waals surface area contributed by atoms with Gasteiger partial charge in [-0.25, -0.2) is 0 Å². The molecule has 185 valence electrons. The third-order valence-corrected chi connectivity index (χ3v) is 5.23. The molecule has 1 saturated heterocycles. The van der Waals surface area contributed by atoms with Gasteiger partial charge in [0.05, 0.1) is 44.4 Å². The molecule has 1 heterocycles. The van der Waals surface area contributed by atoms with E-state index in [1.54, 1.807) is 19.6 Å². The third kappa shape index (κ3) is 12.6. The van der Waals surface area contributed by atoms with E-state index in [9.17, 15) is 39.9 Å². The number of aliphatic hydroxyl groups excluding tert-OH is 3. The van der Waals surface area contributed by atoms with Crippen LogP contribution in [0.5, 0.6) is 0 Å². The second-order valence-electron chi connectivity index (χ2n) is 7.52. The van der Waals surface area contributed by atoms with E-state index in [2.05, 4.69) is 0 Å². The molecule has 0 aromatic carbocycles. The maximum absolute atomic E-state index is 11.2. The fourth-order valence-corrected chi connectivity index (χ4v) is 3.53. The minimum atomic E-state index is -1.29. The molecule has 0 aromatic heterocycles. The zero-order chi connectivity index (χ0) is 23.4. The average molecular weight is 607 g/mol. The molecular formula is C18H33GdN4O9+2. The van der Waals surface area contributed by atoms with Gasteiger partial charge in [-0.15, -0.1) is 0 Å². The van der Waals surface area contributed by atoms with Crippen LogP contribution < -0.4 is 5.11 Å². The monoisotopic (exact) mass is 607 g/mol. The van der Waals surface area contributed by atoms with Crippen molar-refractivity contribution in [3.63, 3.8) is 0 Å². The molecule has 0 saturated carbocycles. The summed E-state index contributed by atoms with van der Waals surface area (Å²) in [6.07, 6.45) is -1.23. The summed E-state index contributed by atoms with van der Waals surface area (Å²) in [6, 6.07) is -0.812. The number of nitrogens with zero attached hydrogens (tertiary/aromatic N) is 4. The Labute approximate surface area is 218 Å². The van der Waals surface area contributed by atoms with E-state index in [-0.39, 0.29) is 112 Å². The van der Waals surface area contributed by atoms with Crippen molar-refractivity contribution in [1.82, 2.24) is 19.6 Å². The van der Waals surface area contributed by atoms with Crippen molar-refractivity contribution in [2.24, 2.45) is 0 Å². The van der Waals surface area contributed by atoms with Gasteiger partial charge in [-0.1, -0.05) is 0 Å². The Balaban J connectivity index is 0.00000961. The number of rotatable bonds is 10. The van der Waals surface area contributed by atoms with E-state index in [0.717, 1.165) is 0 Å². The summed E-state index contributed by atoms with van der Waals surface area (Å²) in [5.41, 5.74) is 0. The molecule has 32 heavy (non-hydrogen) atoms. The van der Waals surface area contributed by atoms with Crippen LogP contribution >= 0.6 is 0 Å². The molecule has 0 spiro atoms. The third-order valence-electron chi connectivity index (χ3n) is 5.23. The Hall–Kier alpha value is -0.545. The van der Waals surface area contributed by atoms with Gasteiger partial charge in [-0.2, -0.15) is 0 Å². The van der Waals surface area contributed by atoms with E-state index in [4.69, 9.17) is 5.11 Å². The van der Waals surface area contributed by atoms with Crippen molar-refractivity contribution in [3.05, 3.63) is 0 Å². The number of carboxylic acids is 3. The molecule has 0 unspecified atom stereocenters. The summed E-state index contributed by atoms with van der Waals surface area (Å²) in [5.74, 6) is -3.37. The van der Waals surface area contributed by atoms with Crippen molar-refractivity contribution in [2.75, 3.05) is 85.2 Å². The van der Waals surface area contributed by atoms with Gasteiger partial charge >= 0.3 is 51.9 Å². The largest absolute Gasteiger partial charge is 3.00 e. The van der Waals surface area contributed by atoms with Gasteiger partial charge < -0.3 is 35.4 Å².